The Labute approximate surface area is 362 Å². The van der Waals surface area contributed by atoms with Gasteiger partial charge in [0.15, 0.2) is 13.2 Å². The molecule has 16 nitrogen and oxygen atoms in total. The van der Waals surface area contributed by atoms with E-state index < -0.39 is 45.2 Å². The maximum Gasteiger partial charge on any atom is 0.341 e. The topological polar surface area (TPSA) is 219 Å². The van der Waals surface area contributed by atoms with E-state index in [4.69, 9.17) is 42.9 Å². The van der Waals surface area contributed by atoms with Crippen molar-refractivity contribution in [1.29, 1.82) is 0 Å². The van der Waals surface area contributed by atoms with Crippen molar-refractivity contribution < 1.29 is 46.1 Å². The molecule has 0 radical (unpaired) electrons. The van der Waals surface area contributed by atoms with Gasteiger partial charge in [-0.3, -0.25) is 0 Å². The SMILES string of the molecule is CCS(=O)(=O)N(Cc1ccccc1)c1ncc(-c2cc(Cl)ccc2OCC(=O)O)cn1.CS(=O)(=O)N(Cc1ccccc1)c1ncc(-c2cc(Cl)ccc2OCC(=O)O)cn1. The Morgan fingerprint density at radius 2 is 0.984 bits per heavy atom. The predicted octanol–water partition coefficient (Wildman–Crippen LogP) is 6.84. The molecule has 0 atom stereocenters. The summed E-state index contributed by atoms with van der Waals surface area (Å²) in [7, 11) is -7.25. The van der Waals surface area contributed by atoms with Crippen molar-refractivity contribution in [3.63, 3.8) is 0 Å². The van der Waals surface area contributed by atoms with Crippen molar-refractivity contribution in [2.75, 3.05) is 33.8 Å². The third-order valence-corrected chi connectivity index (χ3v) is 11.6. The number of aliphatic carboxylic acids is 2. The first-order chi connectivity index (χ1) is 29.0. The lowest BCUT2D eigenvalue weighted by Crippen LogP contribution is -2.33. The number of hydrogen-bond acceptors (Lipinski definition) is 12. The van der Waals surface area contributed by atoms with Crippen LogP contribution in [-0.2, 0) is 42.7 Å². The van der Waals surface area contributed by atoms with Crippen LogP contribution in [0.5, 0.6) is 11.5 Å². The number of carboxylic acid groups (broad SMARTS) is 2. The van der Waals surface area contributed by atoms with E-state index in [2.05, 4.69) is 19.9 Å². The fourth-order valence-electron chi connectivity index (χ4n) is 5.45. The number of ether oxygens (including phenoxy) is 2. The predicted molar refractivity (Wildman–Crippen MR) is 231 cm³/mol. The number of carboxylic acids is 2. The molecule has 0 bridgehead atoms. The number of anilines is 2. The van der Waals surface area contributed by atoms with E-state index in [1.807, 2.05) is 60.7 Å². The average Bonchev–Trinajstić information content (AvgIpc) is 3.24. The number of halogens is 2. The first kappa shape index (κ1) is 45.7. The molecule has 0 aliphatic carbocycles. The Morgan fingerprint density at radius 3 is 1.34 bits per heavy atom. The molecule has 0 fully saturated rings. The molecule has 20 heteroatoms. The van der Waals surface area contributed by atoms with Crippen LogP contribution in [0.4, 0.5) is 11.9 Å². The van der Waals surface area contributed by atoms with Gasteiger partial charge in [0.1, 0.15) is 11.5 Å². The Balaban J connectivity index is 0.000000231. The summed E-state index contributed by atoms with van der Waals surface area (Å²) >= 11 is 12.1. The van der Waals surface area contributed by atoms with Crippen LogP contribution in [0.1, 0.15) is 18.1 Å². The second kappa shape index (κ2) is 20.8. The summed E-state index contributed by atoms with van der Waals surface area (Å²) in [5.74, 6) is -1.70. The molecule has 4 aromatic carbocycles. The number of aromatic nitrogens is 4. The lowest BCUT2D eigenvalue weighted by molar-refractivity contribution is -0.140. The highest BCUT2D eigenvalue weighted by Gasteiger charge is 2.24. The molecular formula is C41H38Cl2N6O10S2. The smallest absolute Gasteiger partial charge is 0.341 e. The van der Waals surface area contributed by atoms with Crippen molar-refractivity contribution in [1.82, 2.24) is 19.9 Å². The molecule has 318 valence electrons. The Hall–Kier alpha value is -6.34. The maximum absolute atomic E-state index is 12.7. The summed E-state index contributed by atoms with van der Waals surface area (Å²) in [6.07, 6.45) is 6.85. The highest BCUT2D eigenvalue weighted by molar-refractivity contribution is 7.92. The third-order valence-electron chi connectivity index (χ3n) is 8.37. The fourth-order valence-corrected chi connectivity index (χ4v) is 7.57. The molecule has 0 saturated heterocycles. The van der Waals surface area contributed by atoms with E-state index in [9.17, 15) is 26.4 Å². The Bertz CT molecular complexity index is 2670. The van der Waals surface area contributed by atoms with Gasteiger partial charge in [-0.1, -0.05) is 83.9 Å². The number of rotatable bonds is 17. The molecule has 2 heterocycles. The average molecular weight is 910 g/mol. The van der Waals surface area contributed by atoms with Crippen LogP contribution in [0, 0.1) is 0 Å². The summed E-state index contributed by atoms with van der Waals surface area (Å²) in [6, 6.07) is 27.7. The van der Waals surface area contributed by atoms with E-state index in [-0.39, 0.29) is 30.7 Å². The van der Waals surface area contributed by atoms with Crippen molar-refractivity contribution in [2.24, 2.45) is 0 Å². The first-order valence-corrected chi connectivity index (χ1v) is 22.2. The van der Waals surface area contributed by atoms with Gasteiger partial charge in [0.05, 0.1) is 25.1 Å². The van der Waals surface area contributed by atoms with Gasteiger partial charge < -0.3 is 19.7 Å². The monoisotopic (exact) mass is 908 g/mol. The van der Waals surface area contributed by atoms with Crippen molar-refractivity contribution in [3.8, 4) is 33.8 Å². The molecule has 0 aliphatic rings. The van der Waals surface area contributed by atoms with Crippen LogP contribution in [-0.4, -0.2) is 84.1 Å². The number of sulfonamides is 2. The second-order valence-electron chi connectivity index (χ2n) is 12.8. The summed E-state index contributed by atoms with van der Waals surface area (Å²) in [5, 5.41) is 18.6. The number of hydrogen-bond donors (Lipinski definition) is 2. The lowest BCUT2D eigenvalue weighted by atomic mass is 10.1. The molecule has 61 heavy (non-hydrogen) atoms. The van der Waals surface area contributed by atoms with E-state index >= 15 is 0 Å². The zero-order valence-corrected chi connectivity index (χ0v) is 35.6. The summed E-state index contributed by atoms with van der Waals surface area (Å²) in [4.78, 5) is 38.6. The van der Waals surface area contributed by atoms with Crippen LogP contribution in [0.25, 0.3) is 22.3 Å². The fraction of sp³-hybridized carbons (Fsp3) is 0.171. The molecular weight excluding hydrogens is 872 g/mol. The third kappa shape index (κ3) is 13.1. The molecule has 0 aliphatic heterocycles. The zero-order chi connectivity index (χ0) is 44.2. The minimum Gasteiger partial charge on any atom is -0.481 e. The van der Waals surface area contributed by atoms with E-state index in [0.29, 0.717) is 43.8 Å². The molecule has 6 aromatic rings. The van der Waals surface area contributed by atoms with Crippen LogP contribution in [0.15, 0.2) is 122 Å². The maximum atomic E-state index is 12.7. The molecule has 0 unspecified atom stereocenters. The summed E-state index contributed by atoms with van der Waals surface area (Å²) in [5.41, 5.74) is 3.56. The van der Waals surface area contributed by atoms with Gasteiger partial charge in [0.2, 0.25) is 31.9 Å². The van der Waals surface area contributed by atoms with Gasteiger partial charge in [0, 0.05) is 57.1 Å². The molecule has 2 N–H and O–H groups in total. The van der Waals surface area contributed by atoms with Crippen molar-refractivity contribution in [3.05, 3.63) is 143 Å². The van der Waals surface area contributed by atoms with E-state index in [0.717, 1.165) is 26.0 Å². The largest absolute Gasteiger partial charge is 0.481 e. The first-order valence-electron chi connectivity index (χ1n) is 18.0. The van der Waals surface area contributed by atoms with Gasteiger partial charge in [-0.25, -0.2) is 55.0 Å². The molecule has 0 saturated carbocycles. The minimum atomic E-state index is -3.63. The van der Waals surface area contributed by atoms with Crippen molar-refractivity contribution >= 4 is 67.1 Å². The highest BCUT2D eigenvalue weighted by atomic mass is 35.5. The molecule has 0 spiro atoms. The number of nitrogens with zero attached hydrogens (tertiary/aromatic N) is 6. The Kier molecular flexibility index (Phi) is 15.6. The molecule has 6 rings (SSSR count). The molecule has 2 aromatic heterocycles. The van der Waals surface area contributed by atoms with Crippen LogP contribution >= 0.6 is 23.2 Å². The normalized spacial score (nSPS) is 11.1. The van der Waals surface area contributed by atoms with Gasteiger partial charge in [-0.15, -0.1) is 0 Å². The Morgan fingerprint density at radius 1 is 0.607 bits per heavy atom. The van der Waals surface area contributed by atoms with E-state index in [1.165, 1.54) is 24.8 Å². The lowest BCUT2D eigenvalue weighted by Gasteiger charge is -2.22. The number of carbonyl (C=O) groups is 2. The van der Waals surface area contributed by atoms with Crippen LogP contribution < -0.4 is 18.1 Å². The van der Waals surface area contributed by atoms with Gasteiger partial charge in [0.25, 0.3) is 0 Å². The quantitative estimate of drug-likeness (QED) is 0.0957. The van der Waals surface area contributed by atoms with Gasteiger partial charge in [-0.05, 0) is 54.4 Å². The van der Waals surface area contributed by atoms with Crippen molar-refractivity contribution in [2.45, 2.75) is 20.0 Å². The summed E-state index contributed by atoms with van der Waals surface area (Å²) in [6.45, 7) is 0.697. The molecule has 0 amide bonds. The zero-order valence-electron chi connectivity index (χ0n) is 32.5. The van der Waals surface area contributed by atoms with Crippen LogP contribution in [0.2, 0.25) is 10.0 Å². The highest BCUT2D eigenvalue weighted by Crippen LogP contribution is 2.34. The minimum absolute atomic E-state index is 0.0140. The summed E-state index contributed by atoms with van der Waals surface area (Å²) < 4.78 is 62.8. The number of benzene rings is 4. The van der Waals surface area contributed by atoms with Gasteiger partial charge in [-0.2, -0.15) is 0 Å². The van der Waals surface area contributed by atoms with Crippen LogP contribution in [0.3, 0.4) is 0 Å². The van der Waals surface area contributed by atoms with Gasteiger partial charge >= 0.3 is 11.9 Å². The van der Waals surface area contributed by atoms with E-state index in [1.54, 1.807) is 43.3 Å². The second-order valence-corrected chi connectivity index (χ2v) is 17.8. The standard InChI is InChI=1S/C21H20ClN3O5S.C20H18ClN3O5S/c1-2-31(28,29)25(13-15-6-4-3-5-7-15)21-23-11-16(12-24-21)18-10-17(22)8-9-19(18)30-14-20(26)27;1-30(27,28)24(12-14-5-3-2-4-6-14)20-22-10-15(11-23-20)17-9-16(21)7-8-18(17)29-13-19(25)26/h3-12H,2,13-14H2,1H3,(H,26,27);2-11H,12-13H2,1H3,(H,25,26).